The molecular weight excluding hydrogens is 220 g/mol. The van der Waals surface area contributed by atoms with Gasteiger partial charge >= 0.3 is 0 Å². The quantitative estimate of drug-likeness (QED) is 0.830. The number of Topliss-reactive ketones (excluding diaryl/α,β-unsaturated/α-hetero) is 1. The molecule has 0 amide bonds. The molecule has 1 aromatic heterocycles. The molecule has 0 saturated carbocycles. The van der Waals surface area contributed by atoms with Gasteiger partial charge < -0.3 is 5.73 Å². The van der Waals surface area contributed by atoms with Crippen LogP contribution in [-0.2, 0) is 0 Å². The van der Waals surface area contributed by atoms with Crippen molar-refractivity contribution in [2.45, 2.75) is 19.8 Å². The third-order valence-electron chi connectivity index (χ3n) is 2.41. The number of rotatable bonds is 3. The lowest BCUT2D eigenvalue weighted by atomic mass is 10.1. The van der Waals surface area contributed by atoms with E-state index in [1.54, 1.807) is 17.4 Å². The summed E-state index contributed by atoms with van der Waals surface area (Å²) in [6.07, 6.45) is 0. The van der Waals surface area contributed by atoms with E-state index in [0.29, 0.717) is 11.5 Å². The Morgan fingerprint density at radius 2 is 2.25 bits per heavy atom. The second-order valence-corrected chi connectivity index (χ2v) is 5.08. The highest BCUT2D eigenvalue weighted by molar-refractivity contribution is 7.18. The number of hydrogen-bond acceptors (Lipinski definition) is 4. The van der Waals surface area contributed by atoms with Crippen LogP contribution in [0.2, 0.25) is 0 Å². The smallest absolute Gasteiger partial charge is 0.176 e. The highest BCUT2D eigenvalue weighted by Crippen LogP contribution is 2.27. The van der Waals surface area contributed by atoms with Gasteiger partial charge in [0.1, 0.15) is 0 Å². The fraction of sp³-hybridized carbons (Fsp3) is 0.333. The SMILES string of the molecule is CC(C)c1nc2ccc(C(=O)CN)cc2s1. The molecule has 0 aliphatic heterocycles. The molecule has 0 saturated heterocycles. The lowest BCUT2D eigenvalue weighted by Crippen LogP contribution is -2.13. The predicted molar refractivity (Wildman–Crippen MR) is 67.1 cm³/mol. The van der Waals surface area contributed by atoms with Crippen LogP contribution in [0.3, 0.4) is 0 Å². The summed E-state index contributed by atoms with van der Waals surface area (Å²) < 4.78 is 1.06. The van der Waals surface area contributed by atoms with Crippen molar-refractivity contribution in [3.05, 3.63) is 28.8 Å². The molecule has 3 nitrogen and oxygen atoms in total. The third kappa shape index (κ3) is 1.99. The van der Waals surface area contributed by atoms with Crippen LogP contribution in [0.25, 0.3) is 10.2 Å². The van der Waals surface area contributed by atoms with E-state index in [9.17, 15) is 4.79 Å². The van der Waals surface area contributed by atoms with Gasteiger partial charge in [0.2, 0.25) is 0 Å². The molecule has 84 valence electrons. The average Bonchev–Trinajstić information content (AvgIpc) is 2.70. The molecule has 0 aliphatic carbocycles. The summed E-state index contributed by atoms with van der Waals surface area (Å²) in [6, 6.07) is 5.57. The third-order valence-corrected chi connectivity index (χ3v) is 3.72. The van der Waals surface area contributed by atoms with Crippen molar-refractivity contribution in [2.75, 3.05) is 6.54 Å². The number of carbonyl (C=O) groups excluding carboxylic acids is 1. The van der Waals surface area contributed by atoms with Gasteiger partial charge in [-0.1, -0.05) is 13.8 Å². The Bertz CT molecular complexity index is 531. The number of aromatic nitrogens is 1. The summed E-state index contributed by atoms with van der Waals surface area (Å²) in [6.45, 7) is 4.29. The van der Waals surface area contributed by atoms with Crippen molar-refractivity contribution in [1.82, 2.24) is 4.98 Å². The van der Waals surface area contributed by atoms with E-state index in [1.165, 1.54) is 0 Å². The van der Waals surface area contributed by atoms with E-state index in [0.717, 1.165) is 15.2 Å². The Hall–Kier alpha value is -1.26. The molecule has 2 rings (SSSR count). The van der Waals surface area contributed by atoms with Gasteiger partial charge in [-0.3, -0.25) is 4.79 Å². The number of fused-ring (bicyclic) bond motifs is 1. The Labute approximate surface area is 98.3 Å². The van der Waals surface area contributed by atoms with Crippen LogP contribution in [0, 0.1) is 0 Å². The van der Waals surface area contributed by atoms with Gasteiger partial charge in [0.05, 0.1) is 21.8 Å². The standard InChI is InChI=1S/C12H14N2OS/c1-7(2)12-14-9-4-3-8(10(15)6-13)5-11(9)16-12/h3-5,7H,6,13H2,1-2H3. The van der Waals surface area contributed by atoms with Crippen molar-refractivity contribution in [1.29, 1.82) is 0 Å². The first-order valence-corrected chi connectivity index (χ1v) is 6.07. The molecule has 2 aromatic rings. The number of hydrogen-bond donors (Lipinski definition) is 1. The highest BCUT2D eigenvalue weighted by Gasteiger charge is 2.09. The van der Waals surface area contributed by atoms with Gasteiger partial charge in [-0.2, -0.15) is 0 Å². The van der Waals surface area contributed by atoms with Gasteiger partial charge in [0, 0.05) is 11.5 Å². The maximum Gasteiger partial charge on any atom is 0.176 e. The Morgan fingerprint density at radius 1 is 1.50 bits per heavy atom. The fourth-order valence-electron chi connectivity index (χ4n) is 1.48. The maximum atomic E-state index is 11.5. The second kappa shape index (κ2) is 4.31. The lowest BCUT2D eigenvalue weighted by Gasteiger charge is -1.96. The van der Waals surface area contributed by atoms with Gasteiger partial charge in [-0.05, 0) is 18.2 Å². The number of ketones is 1. The van der Waals surface area contributed by atoms with E-state index in [-0.39, 0.29) is 12.3 Å². The van der Waals surface area contributed by atoms with Crippen LogP contribution in [0.4, 0.5) is 0 Å². The monoisotopic (exact) mass is 234 g/mol. The molecule has 0 atom stereocenters. The van der Waals surface area contributed by atoms with E-state index in [2.05, 4.69) is 18.8 Å². The van der Waals surface area contributed by atoms with Crippen molar-refractivity contribution in [3.8, 4) is 0 Å². The first-order valence-electron chi connectivity index (χ1n) is 5.25. The van der Waals surface area contributed by atoms with Crippen LogP contribution < -0.4 is 5.73 Å². The summed E-state index contributed by atoms with van der Waals surface area (Å²) in [5.41, 5.74) is 6.98. The van der Waals surface area contributed by atoms with Crippen molar-refractivity contribution >= 4 is 27.3 Å². The summed E-state index contributed by atoms with van der Waals surface area (Å²) in [5, 5.41) is 1.10. The zero-order valence-corrected chi connectivity index (χ0v) is 10.2. The molecular formula is C12H14N2OS. The van der Waals surface area contributed by atoms with Gasteiger partial charge in [-0.25, -0.2) is 4.98 Å². The molecule has 0 radical (unpaired) electrons. The van der Waals surface area contributed by atoms with E-state index >= 15 is 0 Å². The van der Waals surface area contributed by atoms with Gasteiger partial charge in [0.25, 0.3) is 0 Å². The van der Waals surface area contributed by atoms with Crippen molar-refractivity contribution in [3.63, 3.8) is 0 Å². The zero-order chi connectivity index (χ0) is 11.7. The molecule has 0 aliphatic rings. The summed E-state index contributed by atoms with van der Waals surface area (Å²) >= 11 is 1.64. The number of benzene rings is 1. The predicted octanol–water partition coefficient (Wildman–Crippen LogP) is 2.56. The molecule has 1 aromatic carbocycles. The topological polar surface area (TPSA) is 56.0 Å². The number of nitrogens with two attached hydrogens (primary N) is 1. The molecule has 16 heavy (non-hydrogen) atoms. The Balaban J connectivity index is 2.49. The van der Waals surface area contributed by atoms with Gasteiger partial charge in [0.15, 0.2) is 5.78 Å². The molecule has 2 N–H and O–H groups in total. The minimum Gasteiger partial charge on any atom is -0.324 e. The summed E-state index contributed by atoms with van der Waals surface area (Å²) in [7, 11) is 0. The molecule has 0 fully saturated rings. The van der Waals surface area contributed by atoms with Crippen LogP contribution >= 0.6 is 11.3 Å². The van der Waals surface area contributed by atoms with Crippen molar-refractivity contribution in [2.24, 2.45) is 5.73 Å². The first-order chi connectivity index (χ1) is 7.61. The lowest BCUT2D eigenvalue weighted by molar-refractivity contribution is 0.100. The molecule has 4 heteroatoms. The highest BCUT2D eigenvalue weighted by atomic mass is 32.1. The average molecular weight is 234 g/mol. The number of thiazole rings is 1. The Kier molecular flexibility index (Phi) is 3.03. The zero-order valence-electron chi connectivity index (χ0n) is 9.36. The van der Waals surface area contributed by atoms with Crippen LogP contribution in [0.15, 0.2) is 18.2 Å². The van der Waals surface area contributed by atoms with Crippen LogP contribution in [0.1, 0.15) is 35.1 Å². The Morgan fingerprint density at radius 3 is 2.88 bits per heavy atom. The minimum absolute atomic E-state index is 0.0265. The maximum absolute atomic E-state index is 11.5. The first kappa shape index (κ1) is 11.2. The fourth-order valence-corrected chi connectivity index (χ4v) is 2.49. The van der Waals surface area contributed by atoms with Crippen LogP contribution in [-0.4, -0.2) is 17.3 Å². The normalized spacial score (nSPS) is 11.2. The largest absolute Gasteiger partial charge is 0.324 e. The summed E-state index contributed by atoms with van der Waals surface area (Å²) in [4.78, 5) is 16.0. The van der Waals surface area contributed by atoms with E-state index in [4.69, 9.17) is 5.73 Å². The second-order valence-electron chi connectivity index (χ2n) is 4.02. The van der Waals surface area contributed by atoms with Crippen molar-refractivity contribution < 1.29 is 4.79 Å². The number of nitrogens with zero attached hydrogens (tertiary/aromatic N) is 1. The number of carbonyl (C=O) groups is 1. The molecule has 0 unspecified atom stereocenters. The molecule has 1 heterocycles. The van der Waals surface area contributed by atoms with E-state index < -0.39 is 0 Å². The van der Waals surface area contributed by atoms with Crippen LogP contribution in [0.5, 0.6) is 0 Å². The van der Waals surface area contributed by atoms with Gasteiger partial charge in [-0.15, -0.1) is 11.3 Å². The minimum atomic E-state index is -0.0265. The summed E-state index contributed by atoms with van der Waals surface area (Å²) in [5.74, 6) is 0.396. The molecule has 0 spiro atoms. The molecule has 0 bridgehead atoms. The van der Waals surface area contributed by atoms with E-state index in [1.807, 2.05) is 12.1 Å².